The second-order valence-electron chi connectivity index (χ2n) is 2.67. The highest BCUT2D eigenvalue weighted by Gasteiger charge is 1.99. The van der Waals surface area contributed by atoms with Gasteiger partial charge in [0, 0.05) is 11.2 Å². The van der Waals surface area contributed by atoms with Crippen molar-refractivity contribution < 1.29 is 9.90 Å². The lowest BCUT2D eigenvalue weighted by Crippen LogP contribution is -2.08. The predicted molar refractivity (Wildman–Crippen MR) is 57.6 cm³/mol. The number of nitrogens with two attached hydrogens (primary N) is 1. The highest BCUT2D eigenvalue weighted by atomic mass is 32.2. The maximum absolute atomic E-state index is 10.3. The van der Waals surface area contributed by atoms with Gasteiger partial charge in [-0.25, -0.2) is 4.79 Å². The van der Waals surface area contributed by atoms with Gasteiger partial charge in [-0.15, -0.1) is 11.8 Å². The lowest BCUT2D eigenvalue weighted by atomic mass is 10.2. The van der Waals surface area contributed by atoms with E-state index < -0.39 is 5.97 Å². The molecule has 74 valence electrons. The number of rotatable bonds is 4. The van der Waals surface area contributed by atoms with Gasteiger partial charge in [0.25, 0.3) is 0 Å². The second-order valence-corrected chi connectivity index (χ2v) is 3.53. The predicted octanol–water partition coefficient (Wildman–Crippen LogP) is 1.80. The summed E-state index contributed by atoms with van der Waals surface area (Å²) in [5.74, 6) is -0.347. The van der Waals surface area contributed by atoms with E-state index in [0.717, 1.165) is 11.3 Å². The average molecular weight is 209 g/mol. The van der Waals surface area contributed by atoms with Crippen LogP contribution in [0.4, 0.5) is 0 Å². The normalized spacial score (nSPS) is 11.3. The molecule has 0 saturated heterocycles. The monoisotopic (exact) mass is 209 g/mol. The Bertz CT molecular complexity index is 335. The lowest BCUT2D eigenvalue weighted by Gasteiger charge is -1.97. The van der Waals surface area contributed by atoms with Gasteiger partial charge >= 0.3 is 5.97 Å². The summed E-state index contributed by atoms with van der Waals surface area (Å²) < 4.78 is 0. The van der Waals surface area contributed by atoms with Crippen molar-refractivity contribution in [3.63, 3.8) is 0 Å². The number of hydrogen-bond acceptors (Lipinski definition) is 3. The van der Waals surface area contributed by atoms with Crippen LogP contribution in [0.15, 0.2) is 41.4 Å². The maximum atomic E-state index is 10.3. The van der Waals surface area contributed by atoms with Crippen molar-refractivity contribution in [1.82, 2.24) is 0 Å². The molecular weight excluding hydrogens is 198 g/mol. The molecule has 1 rings (SSSR count). The van der Waals surface area contributed by atoms with E-state index in [2.05, 4.69) is 0 Å². The number of carbonyl (C=O) groups is 1. The van der Waals surface area contributed by atoms with Crippen LogP contribution >= 0.6 is 11.8 Å². The zero-order valence-corrected chi connectivity index (χ0v) is 8.33. The minimum Gasteiger partial charge on any atom is -0.477 e. The number of thioether (sulfide) groups is 1. The lowest BCUT2D eigenvalue weighted by molar-refractivity contribution is -0.132. The van der Waals surface area contributed by atoms with Crippen molar-refractivity contribution in [2.45, 2.75) is 5.75 Å². The third kappa shape index (κ3) is 3.53. The molecule has 0 atom stereocenters. The quantitative estimate of drug-likeness (QED) is 0.742. The molecule has 0 amide bonds. The van der Waals surface area contributed by atoms with Gasteiger partial charge in [-0.05, 0) is 5.56 Å². The number of benzene rings is 1. The molecule has 3 nitrogen and oxygen atoms in total. The summed E-state index contributed by atoms with van der Waals surface area (Å²) in [5.41, 5.74) is 6.25. The number of hydrogen-bond donors (Lipinski definition) is 2. The molecule has 0 aliphatic heterocycles. The van der Waals surface area contributed by atoms with Crippen LogP contribution < -0.4 is 5.73 Å². The Hall–Kier alpha value is -1.42. The standard InChI is InChI=1S/C10H11NO2S/c11-9(10(12)13)7-14-6-8-4-2-1-3-5-8/h1-5,7H,6,11H2,(H,12,13)/b9-7-. The summed E-state index contributed by atoms with van der Waals surface area (Å²) in [6, 6.07) is 9.80. The smallest absolute Gasteiger partial charge is 0.352 e. The zero-order valence-electron chi connectivity index (χ0n) is 7.51. The topological polar surface area (TPSA) is 63.3 Å². The van der Waals surface area contributed by atoms with Crippen LogP contribution in [0.1, 0.15) is 5.56 Å². The number of carboxylic acid groups (broad SMARTS) is 1. The van der Waals surface area contributed by atoms with E-state index in [4.69, 9.17) is 10.8 Å². The van der Waals surface area contributed by atoms with Gasteiger partial charge in [-0.2, -0.15) is 0 Å². The zero-order chi connectivity index (χ0) is 10.4. The van der Waals surface area contributed by atoms with Gasteiger partial charge in [0.1, 0.15) is 5.70 Å². The van der Waals surface area contributed by atoms with E-state index in [-0.39, 0.29) is 5.70 Å². The Labute approximate surface area is 86.6 Å². The van der Waals surface area contributed by atoms with E-state index in [1.165, 1.54) is 17.2 Å². The van der Waals surface area contributed by atoms with Crippen LogP contribution in [0.3, 0.4) is 0 Å². The molecular formula is C10H11NO2S. The fraction of sp³-hybridized carbons (Fsp3) is 0.100. The first-order chi connectivity index (χ1) is 6.70. The van der Waals surface area contributed by atoms with Crippen molar-refractivity contribution >= 4 is 17.7 Å². The van der Waals surface area contributed by atoms with Crippen LogP contribution in [0, 0.1) is 0 Å². The first-order valence-corrected chi connectivity index (χ1v) is 5.09. The molecule has 0 aliphatic carbocycles. The van der Waals surface area contributed by atoms with E-state index >= 15 is 0 Å². The van der Waals surface area contributed by atoms with Crippen LogP contribution in [0.2, 0.25) is 0 Å². The average Bonchev–Trinajstić information content (AvgIpc) is 2.19. The van der Waals surface area contributed by atoms with Gasteiger partial charge in [0.2, 0.25) is 0 Å². The van der Waals surface area contributed by atoms with Crippen LogP contribution in [0.25, 0.3) is 0 Å². The van der Waals surface area contributed by atoms with Gasteiger partial charge in [-0.3, -0.25) is 0 Å². The summed E-state index contributed by atoms with van der Waals surface area (Å²) in [6.07, 6.45) is 0. The fourth-order valence-electron chi connectivity index (χ4n) is 0.852. The molecule has 3 N–H and O–H groups in total. The Morgan fingerprint density at radius 1 is 1.43 bits per heavy atom. The van der Waals surface area contributed by atoms with E-state index in [1.807, 2.05) is 30.3 Å². The van der Waals surface area contributed by atoms with E-state index in [1.54, 1.807) is 0 Å². The maximum Gasteiger partial charge on any atom is 0.352 e. The summed E-state index contributed by atoms with van der Waals surface area (Å²) in [6.45, 7) is 0. The van der Waals surface area contributed by atoms with Crippen LogP contribution in [-0.2, 0) is 10.5 Å². The molecule has 0 fully saturated rings. The summed E-state index contributed by atoms with van der Waals surface area (Å²) in [5, 5.41) is 9.93. The Morgan fingerprint density at radius 3 is 2.64 bits per heavy atom. The van der Waals surface area contributed by atoms with E-state index in [9.17, 15) is 4.79 Å². The Morgan fingerprint density at radius 2 is 2.07 bits per heavy atom. The minimum atomic E-state index is -1.08. The van der Waals surface area contributed by atoms with Gasteiger partial charge in [-0.1, -0.05) is 30.3 Å². The van der Waals surface area contributed by atoms with Crippen LogP contribution in [0.5, 0.6) is 0 Å². The molecule has 0 saturated carbocycles. The van der Waals surface area contributed by atoms with Crippen molar-refractivity contribution in [2.75, 3.05) is 0 Å². The molecule has 0 spiro atoms. The molecule has 0 heterocycles. The largest absolute Gasteiger partial charge is 0.477 e. The first kappa shape index (κ1) is 10.7. The third-order valence-corrected chi connectivity index (χ3v) is 2.47. The second kappa shape index (κ2) is 5.34. The van der Waals surface area contributed by atoms with Crippen molar-refractivity contribution in [3.8, 4) is 0 Å². The number of aliphatic carboxylic acids is 1. The SMILES string of the molecule is N/C(=C\SCc1ccccc1)C(=O)O. The molecule has 1 aromatic rings. The molecule has 0 unspecified atom stereocenters. The number of carboxylic acids is 1. The summed E-state index contributed by atoms with van der Waals surface area (Å²) in [4.78, 5) is 10.3. The minimum absolute atomic E-state index is 0.120. The van der Waals surface area contributed by atoms with E-state index in [0.29, 0.717) is 0 Å². The molecule has 0 aliphatic rings. The van der Waals surface area contributed by atoms with Crippen molar-refractivity contribution in [2.24, 2.45) is 5.73 Å². The highest BCUT2D eigenvalue weighted by Crippen LogP contribution is 2.13. The fourth-order valence-corrected chi connectivity index (χ4v) is 1.60. The molecule has 0 bridgehead atoms. The molecule has 4 heteroatoms. The third-order valence-electron chi connectivity index (χ3n) is 1.55. The molecule has 0 aromatic heterocycles. The highest BCUT2D eigenvalue weighted by molar-refractivity contribution is 8.01. The van der Waals surface area contributed by atoms with Gasteiger partial charge in [0.15, 0.2) is 0 Å². The molecule has 14 heavy (non-hydrogen) atoms. The molecule has 0 radical (unpaired) electrons. The molecule has 1 aromatic carbocycles. The Balaban J connectivity index is 2.43. The summed E-state index contributed by atoms with van der Waals surface area (Å²) in [7, 11) is 0. The summed E-state index contributed by atoms with van der Waals surface area (Å²) >= 11 is 1.37. The van der Waals surface area contributed by atoms with Gasteiger partial charge < -0.3 is 10.8 Å². The van der Waals surface area contributed by atoms with Crippen molar-refractivity contribution in [1.29, 1.82) is 0 Å². The first-order valence-electron chi connectivity index (χ1n) is 4.04. The Kier molecular flexibility index (Phi) is 4.07. The van der Waals surface area contributed by atoms with Crippen molar-refractivity contribution in [3.05, 3.63) is 47.0 Å². The van der Waals surface area contributed by atoms with Crippen LogP contribution in [-0.4, -0.2) is 11.1 Å². The van der Waals surface area contributed by atoms with Gasteiger partial charge in [0.05, 0.1) is 0 Å².